The van der Waals surface area contributed by atoms with Gasteiger partial charge in [-0.2, -0.15) is 0 Å². The maximum absolute atomic E-state index is 14.8. The number of rotatable bonds is 7. The summed E-state index contributed by atoms with van der Waals surface area (Å²) in [5, 5.41) is 40.3. The highest BCUT2D eigenvalue weighted by atomic mass is 16.7. The molecule has 5 aliphatic rings. The molecular formula is C50H72N8O9. The fraction of sp³-hybridized carbons (Fsp3) is 0.580. The largest absolute Gasteiger partial charge is 0.507 e. The van der Waals surface area contributed by atoms with E-state index in [1.165, 1.54) is 19.4 Å². The van der Waals surface area contributed by atoms with Crippen molar-refractivity contribution in [3.8, 4) is 17.2 Å². The first kappa shape index (κ1) is 50.9. The third-order valence-electron chi connectivity index (χ3n) is 13.5. The van der Waals surface area contributed by atoms with Crippen LogP contribution in [0.15, 0.2) is 58.0 Å². The van der Waals surface area contributed by atoms with Crippen molar-refractivity contribution in [1.82, 2.24) is 9.91 Å². The molecular weight excluding hydrogens is 857 g/mol. The van der Waals surface area contributed by atoms with Crippen molar-refractivity contribution in [2.45, 2.75) is 131 Å². The Morgan fingerprint density at radius 3 is 2.37 bits per heavy atom. The summed E-state index contributed by atoms with van der Waals surface area (Å²) in [6.45, 7) is 22.1. The number of esters is 1. The van der Waals surface area contributed by atoms with Gasteiger partial charge in [0.25, 0.3) is 11.7 Å². The molecule has 7 atom stereocenters. The molecule has 1 fully saturated rings. The number of phenolic OH excluding ortho intramolecular Hbond substituents is 2. The van der Waals surface area contributed by atoms with E-state index >= 15 is 0 Å². The van der Waals surface area contributed by atoms with E-state index in [1.807, 2.05) is 33.8 Å². The predicted octanol–water partition coefficient (Wildman–Crippen LogP) is 4.85. The minimum Gasteiger partial charge on any atom is -0.507 e. The molecule has 7 rings (SSSR count). The van der Waals surface area contributed by atoms with Gasteiger partial charge in [-0.05, 0) is 70.3 Å². The number of amides is 1. The number of fused-ring (bicyclic) bond motifs is 13. The number of aromatic hydroxyl groups is 2. The standard InChI is InChI=1S/C50H72N8O9/c1-26(2)23-57-19-17-50(18-20-57)55-38-35-36-42(61)32(8)45-37(35)46(63)49(11,67-45)65-21-13-16-28(4)44(66-34(59)25-58(53)24-33(51)48(9,10)52)31(7)41(60)30(6)22-27(3)14-12-15-29(5)47(64)54-40(43(36)62)39(38)56-50/h12-15,21,24,26-28,30-31,41,44,60-62H,16-20,22-23,25,51-53H2,1-11H3,(H,54,64)/b14-12+,21-13+,29-15-,33-24-/t27?,28-,30-,31-,41?,44?,49?/m1/s1. The minimum atomic E-state index is -1.92. The molecule has 5 bridgehead atoms. The van der Waals surface area contributed by atoms with Gasteiger partial charge in [-0.3, -0.25) is 24.4 Å². The number of aliphatic hydroxyl groups excluding tert-OH is 1. The van der Waals surface area contributed by atoms with Gasteiger partial charge in [0.15, 0.2) is 11.4 Å². The lowest BCUT2D eigenvalue weighted by Gasteiger charge is -2.36. The van der Waals surface area contributed by atoms with Crippen LogP contribution < -0.4 is 38.1 Å². The monoisotopic (exact) mass is 929 g/mol. The summed E-state index contributed by atoms with van der Waals surface area (Å²) in [6.07, 6.45) is 10.1. The van der Waals surface area contributed by atoms with Crippen molar-refractivity contribution in [3.05, 3.63) is 69.9 Å². The Bertz CT molecular complexity index is 2520. The SMILES string of the molecule is C/C1=C/C=C/C(C)C[C@@H](C)C(O)[C@@H](C)C(OC(=O)CN(N)/C=C(\N)C(C)(C)N)[C@H](C)C/C=C/OC2(C)Oc3c(C)c(O)c4c(O)c(c5c(c4c3C2=O)=NC2(CCN(CC(C)C)CC2)N=5)NC1=O. The molecule has 5 heterocycles. The smallest absolute Gasteiger partial charge is 0.327 e. The second-order valence-electron chi connectivity index (χ2n) is 20.5. The van der Waals surface area contributed by atoms with Crippen LogP contribution in [0.2, 0.25) is 0 Å². The number of allylic oxidation sites excluding steroid dienone is 4. The van der Waals surface area contributed by atoms with Crippen molar-refractivity contribution in [3.63, 3.8) is 0 Å². The van der Waals surface area contributed by atoms with Gasteiger partial charge >= 0.3 is 11.8 Å². The number of aliphatic hydroxyl groups is 1. The number of hydrogen-bond acceptors (Lipinski definition) is 16. The summed E-state index contributed by atoms with van der Waals surface area (Å²) in [5.41, 5.74) is 11.2. The number of nitrogens with zero attached hydrogens (tertiary/aromatic N) is 4. The predicted molar refractivity (Wildman–Crippen MR) is 256 cm³/mol. The van der Waals surface area contributed by atoms with Gasteiger partial charge in [-0.25, -0.2) is 5.84 Å². The number of ether oxygens (including phenoxy) is 3. The molecule has 1 spiro atoms. The summed E-state index contributed by atoms with van der Waals surface area (Å²) in [6, 6.07) is 0. The fourth-order valence-corrected chi connectivity index (χ4v) is 9.53. The Balaban J connectivity index is 1.43. The van der Waals surface area contributed by atoms with E-state index < -0.39 is 58.5 Å². The van der Waals surface area contributed by atoms with Crippen LogP contribution in [0.3, 0.4) is 0 Å². The zero-order valence-electron chi connectivity index (χ0n) is 41.0. The lowest BCUT2D eigenvalue weighted by atomic mass is 9.80. The molecule has 10 N–H and O–H groups in total. The fourth-order valence-electron chi connectivity index (χ4n) is 9.53. The molecule has 67 heavy (non-hydrogen) atoms. The molecule has 1 saturated heterocycles. The van der Waals surface area contributed by atoms with Gasteiger partial charge in [0.2, 0.25) is 0 Å². The molecule has 0 aromatic heterocycles. The third kappa shape index (κ3) is 10.6. The van der Waals surface area contributed by atoms with Gasteiger partial charge < -0.3 is 56.2 Å². The molecule has 0 saturated carbocycles. The minimum absolute atomic E-state index is 0.0205. The zero-order chi connectivity index (χ0) is 49.5. The van der Waals surface area contributed by atoms with Gasteiger partial charge in [-0.15, -0.1) is 0 Å². The number of likely N-dealkylation sites (tertiary alicyclic amines) is 1. The van der Waals surface area contributed by atoms with E-state index in [9.17, 15) is 29.7 Å². The quantitative estimate of drug-likeness (QED) is 0.0848. The number of phenols is 2. The van der Waals surface area contributed by atoms with E-state index in [1.54, 1.807) is 45.9 Å². The summed E-state index contributed by atoms with van der Waals surface area (Å²) >= 11 is 0. The molecule has 0 aliphatic carbocycles. The van der Waals surface area contributed by atoms with Crippen molar-refractivity contribution < 1.29 is 43.9 Å². The maximum atomic E-state index is 14.8. The highest BCUT2D eigenvalue weighted by Gasteiger charge is 2.50. The molecule has 4 unspecified atom stereocenters. The number of piperidine rings is 1. The van der Waals surface area contributed by atoms with Crippen LogP contribution in [0.25, 0.3) is 10.8 Å². The van der Waals surface area contributed by atoms with Crippen LogP contribution in [-0.4, -0.2) is 98.3 Å². The lowest BCUT2D eigenvalue weighted by molar-refractivity contribution is -0.159. The number of nitrogens with two attached hydrogens (primary N) is 3. The normalized spacial score (nSPS) is 29.1. The number of hydrogen-bond donors (Lipinski definition) is 7. The number of anilines is 1. The van der Waals surface area contributed by atoms with Crippen LogP contribution in [0.5, 0.6) is 17.2 Å². The van der Waals surface area contributed by atoms with Gasteiger partial charge in [-0.1, -0.05) is 59.8 Å². The Kier molecular flexibility index (Phi) is 14.9. The van der Waals surface area contributed by atoms with Crippen LogP contribution in [-0.2, 0) is 19.1 Å². The number of benzene rings is 2. The van der Waals surface area contributed by atoms with Gasteiger partial charge in [0.1, 0.15) is 35.2 Å². The molecule has 0 radical (unpaired) electrons. The topological polar surface area (TPSA) is 261 Å². The third-order valence-corrected chi connectivity index (χ3v) is 13.5. The summed E-state index contributed by atoms with van der Waals surface area (Å²) in [7, 11) is 0. The number of hydrazine groups is 1. The average Bonchev–Trinajstić information content (AvgIpc) is 3.74. The molecule has 17 nitrogen and oxygen atoms in total. The van der Waals surface area contributed by atoms with Crippen molar-refractivity contribution in [2.75, 3.05) is 31.5 Å². The number of carbonyl (C=O) groups is 3. The Morgan fingerprint density at radius 1 is 1.07 bits per heavy atom. The summed E-state index contributed by atoms with van der Waals surface area (Å²) < 4.78 is 18.5. The molecule has 366 valence electrons. The van der Waals surface area contributed by atoms with Crippen molar-refractivity contribution in [2.24, 2.45) is 56.9 Å². The molecule has 1 amide bonds. The lowest BCUT2D eigenvalue weighted by Crippen LogP contribution is -2.44. The number of ketones is 1. The van der Waals surface area contributed by atoms with E-state index in [2.05, 4.69) is 24.1 Å². The molecule has 2 aromatic rings. The van der Waals surface area contributed by atoms with Gasteiger partial charge in [0.05, 0.1) is 34.2 Å². The molecule has 5 aliphatic heterocycles. The highest BCUT2D eigenvalue weighted by Crippen LogP contribution is 2.50. The van der Waals surface area contributed by atoms with Crippen molar-refractivity contribution >= 4 is 34.1 Å². The average molecular weight is 929 g/mol. The zero-order valence-corrected chi connectivity index (χ0v) is 41.0. The van der Waals surface area contributed by atoms with Gasteiger partial charge in [0, 0.05) is 73.7 Å². The highest BCUT2D eigenvalue weighted by molar-refractivity contribution is 6.19. The first-order valence-corrected chi connectivity index (χ1v) is 23.4. The van der Waals surface area contributed by atoms with E-state index in [4.69, 9.17) is 41.5 Å². The van der Waals surface area contributed by atoms with Crippen LogP contribution >= 0.6 is 0 Å². The first-order chi connectivity index (χ1) is 31.3. The van der Waals surface area contributed by atoms with E-state index in [0.717, 1.165) is 11.6 Å². The Hall–Kier alpha value is -5.49. The Labute approximate surface area is 393 Å². The number of nitrogens with one attached hydrogen (secondary N) is 1. The molecule has 2 aromatic carbocycles. The second-order valence-corrected chi connectivity index (χ2v) is 20.5. The summed E-state index contributed by atoms with van der Waals surface area (Å²) in [4.78, 5) is 54.9. The van der Waals surface area contributed by atoms with E-state index in [-0.39, 0.29) is 79.8 Å². The molecule has 17 heteroatoms. The van der Waals surface area contributed by atoms with E-state index in [0.29, 0.717) is 50.3 Å². The first-order valence-electron chi connectivity index (χ1n) is 23.4. The summed E-state index contributed by atoms with van der Waals surface area (Å²) in [5.74, 6) is 0.985. The second kappa shape index (κ2) is 19.6. The Morgan fingerprint density at radius 2 is 1.73 bits per heavy atom. The number of carbonyl (C=O) groups excluding carboxylic acids is 3. The number of Topliss-reactive ketones (excluding diaryl/α,β-unsaturated/α-hetero) is 1. The van der Waals surface area contributed by atoms with Crippen molar-refractivity contribution in [1.29, 1.82) is 0 Å². The van der Waals surface area contributed by atoms with Crippen LogP contribution in [0.4, 0.5) is 5.69 Å². The maximum Gasteiger partial charge on any atom is 0.327 e. The van der Waals surface area contributed by atoms with Crippen LogP contribution in [0, 0.1) is 36.5 Å². The van der Waals surface area contributed by atoms with Crippen LogP contribution in [0.1, 0.15) is 111 Å².